The van der Waals surface area contributed by atoms with E-state index in [-0.39, 0.29) is 28.6 Å². The molecule has 4 aliphatic carbocycles. The van der Waals surface area contributed by atoms with Crippen LogP contribution in [0.4, 0.5) is 0 Å². The minimum atomic E-state index is -0.690. The van der Waals surface area contributed by atoms with E-state index in [1.165, 1.54) is 5.56 Å². The van der Waals surface area contributed by atoms with Crippen LogP contribution in [0.15, 0.2) is 78.9 Å². The van der Waals surface area contributed by atoms with Crippen molar-refractivity contribution in [1.82, 2.24) is 16.0 Å². The summed E-state index contributed by atoms with van der Waals surface area (Å²) in [6.45, 7) is 7.88. The topological polar surface area (TPSA) is 87.3 Å². The number of carbonyl (C=O) groups is 3. The molecule has 0 aromatic heterocycles. The molecule has 3 amide bonds. The molecular weight excluding hydrogens is 558 g/mol. The molecule has 0 heterocycles. The first-order chi connectivity index (χ1) is 21.6. The van der Waals surface area contributed by atoms with E-state index >= 15 is 0 Å². The summed E-state index contributed by atoms with van der Waals surface area (Å²) in [5.74, 6) is 0.370. The second-order valence-electron chi connectivity index (χ2n) is 14.8. The van der Waals surface area contributed by atoms with E-state index in [0.717, 1.165) is 68.1 Å². The molecule has 0 unspecified atom stereocenters. The lowest BCUT2D eigenvalue weighted by molar-refractivity contribution is -0.143. The van der Waals surface area contributed by atoms with Crippen molar-refractivity contribution in [3.8, 4) is 11.1 Å². The normalized spacial score (nSPS) is 23.2. The first-order valence-electron chi connectivity index (χ1n) is 16.7. The van der Waals surface area contributed by atoms with E-state index in [0.29, 0.717) is 24.6 Å². The molecule has 0 spiro atoms. The Labute approximate surface area is 267 Å². The molecule has 6 heteroatoms. The fraction of sp³-hybridized carbons (Fsp3) is 0.462. The Morgan fingerprint density at radius 3 is 2.02 bits per heavy atom. The average molecular weight is 606 g/mol. The maximum absolute atomic E-state index is 13.9. The highest BCUT2D eigenvalue weighted by Crippen LogP contribution is 2.57. The van der Waals surface area contributed by atoms with Gasteiger partial charge in [-0.1, -0.05) is 93.6 Å². The van der Waals surface area contributed by atoms with Gasteiger partial charge in [-0.3, -0.25) is 14.4 Å². The first kappa shape index (κ1) is 31.1. The molecule has 0 aliphatic heterocycles. The number of amides is 3. The summed E-state index contributed by atoms with van der Waals surface area (Å²) in [4.78, 5) is 40.6. The summed E-state index contributed by atoms with van der Waals surface area (Å²) >= 11 is 0. The Morgan fingerprint density at radius 2 is 1.40 bits per heavy atom. The lowest BCUT2D eigenvalue weighted by Gasteiger charge is -2.52. The Kier molecular flexibility index (Phi) is 8.60. The summed E-state index contributed by atoms with van der Waals surface area (Å²) in [6, 6.07) is 25.2. The minimum Gasteiger partial charge on any atom is -0.354 e. The molecule has 45 heavy (non-hydrogen) atoms. The van der Waals surface area contributed by atoms with Crippen LogP contribution in [0, 0.1) is 16.7 Å². The van der Waals surface area contributed by atoms with E-state index < -0.39 is 11.5 Å². The smallest absolute Gasteiger partial charge is 0.251 e. The van der Waals surface area contributed by atoms with E-state index in [1.54, 1.807) is 0 Å². The molecule has 3 aromatic carbocycles. The van der Waals surface area contributed by atoms with Gasteiger partial charge in [0.2, 0.25) is 11.8 Å². The summed E-state index contributed by atoms with van der Waals surface area (Å²) in [5, 5.41) is 9.50. The molecule has 4 saturated carbocycles. The summed E-state index contributed by atoms with van der Waals surface area (Å²) in [6.07, 6.45) is 7.31. The number of rotatable bonds is 10. The maximum atomic E-state index is 13.9. The Bertz CT molecular complexity index is 1510. The van der Waals surface area contributed by atoms with Gasteiger partial charge >= 0.3 is 0 Å². The van der Waals surface area contributed by atoms with Gasteiger partial charge in [0.25, 0.3) is 5.91 Å². The van der Waals surface area contributed by atoms with Gasteiger partial charge < -0.3 is 16.0 Å². The molecular formula is C39H47N3O3. The molecule has 4 fully saturated rings. The molecule has 236 valence electrons. The SMILES string of the molecule is CC(C)(C)c1ccc(-c2ccccc2C(=O)NCC23CCC(C(=O)N[C@H](C(=O)NCC4CC4)c4ccccc4)(CC2)CC3)cc1. The van der Waals surface area contributed by atoms with Crippen LogP contribution in [0.25, 0.3) is 11.1 Å². The van der Waals surface area contributed by atoms with Crippen LogP contribution in [0.1, 0.15) is 99.7 Å². The number of hydrogen-bond acceptors (Lipinski definition) is 3. The van der Waals surface area contributed by atoms with Crippen LogP contribution >= 0.6 is 0 Å². The second-order valence-corrected chi connectivity index (χ2v) is 14.8. The van der Waals surface area contributed by atoms with Crippen LogP contribution in [0.2, 0.25) is 0 Å². The Hall–Kier alpha value is -3.93. The monoisotopic (exact) mass is 605 g/mol. The van der Waals surface area contributed by atoms with Gasteiger partial charge in [0, 0.05) is 24.1 Å². The van der Waals surface area contributed by atoms with Gasteiger partial charge in [-0.15, -0.1) is 0 Å². The molecule has 7 rings (SSSR count). The van der Waals surface area contributed by atoms with Gasteiger partial charge in [0.15, 0.2) is 0 Å². The summed E-state index contributed by atoms with van der Waals surface area (Å²) in [5.41, 5.74) is 4.34. The quantitative estimate of drug-likeness (QED) is 0.230. The van der Waals surface area contributed by atoms with Crippen molar-refractivity contribution in [2.45, 2.75) is 83.6 Å². The number of carbonyl (C=O) groups excluding carboxylic acids is 3. The summed E-state index contributed by atoms with van der Waals surface area (Å²) in [7, 11) is 0. The van der Waals surface area contributed by atoms with Crippen LogP contribution < -0.4 is 16.0 Å². The lowest BCUT2D eigenvalue weighted by atomic mass is 9.53. The molecule has 0 radical (unpaired) electrons. The molecule has 3 aromatic rings. The van der Waals surface area contributed by atoms with Crippen LogP contribution in [-0.4, -0.2) is 30.8 Å². The third-order valence-electron chi connectivity index (χ3n) is 10.7. The molecule has 6 nitrogen and oxygen atoms in total. The number of nitrogens with one attached hydrogen (secondary N) is 3. The van der Waals surface area contributed by atoms with Crippen molar-refractivity contribution >= 4 is 17.7 Å². The standard InChI is InChI=1S/C39H47N3O3/c1-37(2,3)30-17-15-28(16-18-30)31-11-7-8-12-32(31)34(43)41-26-38-19-22-39(23-20-38,24-21-38)36(45)42-33(29-9-5-4-6-10-29)35(44)40-25-27-13-14-27/h4-12,15-18,27,33H,13-14,19-26H2,1-3H3,(H,40,44)(H,41,43)(H,42,45)/t33-,38?,39?/m0/s1. The van der Waals surface area contributed by atoms with E-state index in [1.807, 2.05) is 54.6 Å². The van der Waals surface area contributed by atoms with E-state index in [4.69, 9.17) is 0 Å². The first-order valence-corrected chi connectivity index (χ1v) is 16.7. The number of hydrogen-bond donors (Lipinski definition) is 3. The van der Waals surface area contributed by atoms with E-state index in [9.17, 15) is 14.4 Å². The van der Waals surface area contributed by atoms with Crippen molar-refractivity contribution < 1.29 is 14.4 Å². The third kappa shape index (κ3) is 6.85. The average Bonchev–Trinajstić information content (AvgIpc) is 3.91. The molecule has 3 N–H and O–H groups in total. The molecule has 1 atom stereocenters. The highest BCUT2D eigenvalue weighted by atomic mass is 16.2. The predicted molar refractivity (Wildman–Crippen MR) is 179 cm³/mol. The van der Waals surface area contributed by atoms with Gasteiger partial charge in [0.1, 0.15) is 6.04 Å². The highest BCUT2D eigenvalue weighted by molar-refractivity contribution is 6.01. The van der Waals surface area contributed by atoms with Crippen LogP contribution in [0.5, 0.6) is 0 Å². The van der Waals surface area contributed by atoms with Crippen LogP contribution in [0.3, 0.4) is 0 Å². The molecule has 0 saturated heterocycles. The number of fused-ring (bicyclic) bond motifs is 3. The fourth-order valence-corrected chi connectivity index (χ4v) is 7.21. The Balaban J connectivity index is 1.08. The van der Waals surface area contributed by atoms with Crippen molar-refractivity contribution in [2.75, 3.05) is 13.1 Å². The Morgan fingerprint density at radius 1 is 0.778 bits per heavy atom. The predicted octanol–water partition coefficient (Wildman–Crippen LogP) is 7.11. The lowest BCUT2D eigenvalue weighted by Crippen LogP contribution is -2.54. The third-order valence-corrected chi connectivity index (χ3v) is 10.7. The second kappa shape index (κ2) is 12.5. The zero-order chi connectivity index (χ0) is 31.7. The van der Waals surface area contributed by atoms with Gasteiger partial charge in [0.05, 0.1) is 0 Å². The van der Waals surface area contributed by atoms with Crippen molar-refractivity contribution in [3.63, 3.8) is 0 Å². The van der Waals surface area contributed by atoms with Crippen molar-refractivity contribution in [1.29, 1.82) is 0 Å². The maximum Gasteiger partial charge on any atom is 0.251 e. The van der Waals surface area contributed by atoms with Gasteiger partial charge in [-0.25, -0.2) is 0 Å². The van der Waals surface area contributed by atoms with Crippen molar-refractivity contribution in [3.05, 3.63) is 95.6 Å². The molecule has 2 bridgehead atoms. The summed E-state index contributed by atoms with van der Waals surface area (Å²) < 4.78 is 0. The fourth-order valence-electron chi connectivity index (χ4n) is 7.21. The molecule has 4 aliphatic rings. The van der Waals surface area contributed by atoms with Gasteiger partial charge in [-0.2, -0.15) is 0 Å². The van der Waals surface area contributed by atoms with Gasteiger partial charge in [-0.05, 0) is 96.4 Å². The minimum absolute atomic E-state index is 0.00145. The van der Waals surface area contributed by atoms with Crippen molar-refractivity contribution in [2.24, 2.45) is 16.7 Å². The van der Waals surface area contributed by atoms with E-state index in [2.05, 4.69) is 61.0 Å². The zero-order valence-electron chi connectivity index (χ0n) is 27.0. The number of benzene rings is 3. The van der Waals surface area contributed by atoms with Crippen LogP contribution in [-0.2, 0) is 15.0 Å². The highest BCUT2D eigenvalue weighted by Gasteiger charge is 2.52. The largest absolute Gasteiger partial charge is 0.354 e. The zero-order valence-corrected chi connectivity index (χ0v) is 27.0.